The molecule has 0 saturated carbocycles. The third-order valence-electron chi connectivity index (χ3n) is 7.71. The summed E-state index contributed by atoms with van der Waals surface area (Å²) in [6, 6.07) is 35.1. The number of fused-ring (bicyclic) bond motifs is 1. The fourth-order valence-corrected chi connectivity index (χ4v) is 10.1. The van der Waals surface area contributed by atoms with Crippen LogP contribution in [0.4, 0.5) is 11.4 Å². The summed E-state index contributed by atoms with van der Waals surface area (Å²) < 4.78 is 84.3. The first kappa shape index (κ1) is 30.6. The first-order chi connectivity index (χ1) is 21.5. The first-order valence-corrected chi connectivity index (χ1v) is 18.9. The van der Waals surface area contributed by atoms with Gasteiger partial charge in [0.25, 0.3) is 20.0 Å². The fourth-order valence-electron chi connectivity index (χ4n) is 5.49. The van der Waals surface area contributed by atoms with Crippen LogP contribution in [-0.4, -0.2) is 38.1 Å². The maximum Gasteiger partial charge on any atom is 0.277 e. The van der Waals surface area contributed by atoms with E-state index in [9.17, 15) is 25.3 Å². The number of hydrogen-bond acceptors (Lipinski definition) is 6. The molecule has 45 heavy (non-hydrogen) atoms. The van der Waals surface area contributed by atoms with Crippen LogP contribution in [0.3, 0.4) is 0 Å². The number of hydrogen-bond donors (Lipinski definition) is 0. The van der Waals surface area contributed by atoms with E-state index in [0.717, 1.165) is 28.5 Å². The summed E-state index contributed by atoms with van der Waals surface area (Å²) in [5.41, 5.74) is 4.03. The lowest BCUT2D eigenvalue weighted by molar-refractivity contribution is 0.584. The summed E-state index contributed by atoms with van der Waals surface area (Å²) in [5, 5.41) is 0. The molecule has 1 heterocycles. The minimum Gasteiger partial charge on any atom is -0.270 e. The molecular weight excluding hydrogens is 629 g/mol. The van der Waals surface area contributed by atoms with E-state index < -0.39 is 30.1 Å². The van der Waals surface area contributed by atoms with E-state index in [0.29, 0.717) is 22.1 Å². The third-order valence-corrected chi connectivity index (χ3v) is 13.1. The SMILES string of the molecule is CS(=O)(=O)N1CCCc2ccc(N(S(=O)(=O)c3ccc(-c4ccccc4)cc3)S(=O)(=O)c3ccc(-c4ccccc4)cc3)cc21. The van der Waals surface area contributed by atoms with Gasteiger partial charge in [0.1, 0.15) is 0 Å². The summed E-state index contributed by atoms with van der Waals surface area (Å²) in [6.07, 6.45) is 2.23. The first-order valence-electron chi connectivity index (χ1n) is 14.2. The second-order valence-corrected chi connectivity index (χ2v) is 16.5. The Morgan fingerprint density at radius 3 is 1.44 bits per heavy atom. The van der Waals surface area contributed by atoms with Gasteiger partial charge in [0, 0.05) is 6.54 Å². The van der Waals surface area contributed by atoms with E-state index in [1.54, 1.807) is 30.3 Å². The van der Waals surface area contributed by atoms with Crippen molar-refractivity contribution in [3.63, 3.8) is 0 Å². The van der Waals surface area contributed by atoms with Crippen molar-refractivity contribution in [3.8, 4) is 22.3 Å². The van der Waals surface area contributed by atoms with Crippen LogP contribution < -0.4 is 8.02 Å². The van der Waals surface area contributed by atoms with Crippen LogP contribution in [0.2, 0.25) is 0 Å². The number of rotatable bonds is 8. The van der Waals surface area contributed by atoms with Crippen LogP contribution >= 0.6 is 0 Å². The summed E-state index contributed by atoms with van der Waals surface area (Å²) in [5.74, 6) is 0. The number of aryl methyl sites for hydroxylation is 1. The van der Waals surface area contributed by atoms with Gasteiger partial charge in [-0.25, -0.2) is 25.3 Å². The van der Waals surface area contributed by atoms with E-state index in [1.807, 2.05) is 60.7 Å². The Bertz CT molecular complexity index is 2060. The molecule has 11 heteroatoms. The molecule has 5 aromatic rings. The predicted molar refractivity (Wildman–Crippen MR) is 178 cm³/mol. The molecule has 0 amide bonds. The topological polar surface area (TPSA) is 109 Å². The van der Waals surface area contributed by atoms with Gasteiger partial charge in [0.2, 0.25) is 10.0 Å². The zero-order valence-corrected chi connectivity index (χ0v) is 26.8. The molecule has 0 unspecified atom stereocenters. The summed E-state index contributed by atoms with van der Waals surface area (Å²) in [7, 11) is -13.1. The van der Waals surface area contributed by atoms with Crippen molar-refractivity contribution < 1.29 is 25.3 Å². The molecule has 0 radical (unpaired) electrons. The van der Waals surface area contributed by atoms with Crippen molar-refractivity contribution in [1.29, 1.82) is 0 Å². The number of nitrogens with zero attached hydrogens (tertiary/aromatic N) is 2. The van der Waals surface area contributed by atoms with Crippen molar-refractivity contribution in [2.24, 2.45) is 0 Å². The Morgan fingerprint density at radius 2 is 1.00 bits per heavy atom. The fraction of sp³-hybridized carbons (Fsp3) is 0.118. The highest BCUT2D eigenvalue weighted by Crippen LogP contribution is 2.38. The predicted octanol–water partition coefficient (Wildman–Crippen LogP) is 6.32. The standard InChI is InChI=1S/C34H30N2O6S3/c1-43(37,38)35-24-8-13-30-14-19-31(25-34(30)35)36(44(39,40)32-20-15-28(16-21-32)26-9-4-2-5-10-26)45(41,42)33-22-17-29(18-23-33)27-11-6-3-7-12-27/h2-7,9-12,14-23,25H,8,13,24H2,1H3. The van der Waals surface area contributed by atoms with Crippen LogP contribution in [0.15, 0.2) is 137 Å². The minimum absolute atomic E-state index is 0.191. The minimum atomic E-state index is -4.72. The maximum absolute atomic E-state index is 14.4. The van der Waals surface area contributed by atoms with Crippen molar-refractivity contribution in [3.05, 3.63) is 133 Å². The van der Waals surface area contributed by atoms with Gasteiger partial charge < -0.3 is 0 Å². The van der Waals surface area contributed by atoms with E-state index in [2.05, 4.69) is 0 Å². The molecule has 0 N–H and O–H groups in total. The van der Waals surface area contributed by atoms with Gasteiger partial charge in [0.05, 0.1) is 27.4 Å². The van der Waals surface area contributed by atoms with E-state index in [4.69, 9.17) is 0 Å². The molecule has 0 bridgehead atoms. The average Bonchev–Trinajstić information content (AvgIpc) is 3.05. The summed E-state index contributed by atoms with van der Waals surface area (Å²) in [4.78, 5) is -0.464. The Hall–Kier alpha value is -4.45. The Balaban J connectivity index is 1.49. The lowest BCUT2D eigenvalue weighted by Crippen LogP contribution is -2.38. The molecule has 6 rings (SSSR count). The van der Waals surface area contributed by atoms with Crippen molar-refractivity contribution in [2.45, 2.75) is 22.6 Å². The zero-order chi connectivity index (χ0) is 31.8. The van der Waals surface area contributed by atoms with Gasteiger partial charge in [-0.1, -0.05) is 91.0 Å². The molecule has 0 aliphatic carbocycles. The summed E-state index contributed by atoms with van der Waals surface area (Å²) >= 11 is 0. The molecule has 0 fully saturated rings. The molecule has 0 spiro atoms. The van der Waals surface area contributed by atoms with Crippen molar-refractivity contribution in [2.75, 3.05) is 20.8 Å². The molecular formula is C34H30N2O6S3. The maximum atomic E-state index is 14.4. The van der Waals surface area contributed by atoms with Crippen molar-refractivity contribution in [1.82, 2.24) is 0 Å². The van der Waals surface area contributed by atoms with Crippen LogP contribution in [0.5, 0.6) is 0 Å². The lowest BCUT2D eigenvalue weighted by atomic mass is 10.0. The molecule has 230 valence electrons. The molecule has 0 aromatic heterocycles. The second kappa shape index (κ2) is 11.8. The lowest BCUT2D eigenvalue weighted by Gasteiger charge is -2.31. The van der Waals surface area contributed by atoms with Crippen LogP contribution in [0.25, 0.3) is 22.3 Å². The largest absolute Gasteiger partial charge is 0.277 e. The third kappa shape index (κ3) is 5.98. The van der Waals surface area contributed by atoms with Gasteiger partial charge in [-0.05, 0) is 77.1 Å². The van der Waals surface area contributed by atoms with Gasteiger partial charge >= 0.3 is 0 Å². The molecule has 8 nitrogen and oxygen atoms in total. The molecule has 1 aliphatic heterocycles. The quantitative estimate of drug-likeness (QED) is 0.193. The zero-order valence-electron chi connectivity index (χ0n) is 24.3. The van der Waals surface area contributed by atoms with Crippen molar-refractivity contribution >= 4 is 41.4 Å². The van der Waals surface area contributed by atoms with E-state index in [-0.39, 0.29) is 27.7 Å². The monoisotopic (exact) mass is 658 g/mol. The Morgan fingerprint density at radius 1 is 0.556 bits per heavy atom. The average molecular weight is 659 g/mol. The Labute approximate surface area is 264 Å². The number of sulfonamides is 3. The normalized spacial score (nSPS) is 13.7. The van der Waals surface area contributed by atoms with Gasteiger partial charge in [-0.15, -0.1) is 0 Å². The van der Waals surface area contributed by atoms with E-state index in [1.165, 1.54) is 40.7 Å². The molecule has 1 aliphatic rings. The highest BCUT2D eigenvalue weighted by atomic mass is 32.3. The number of anilines is 2. The van der Waals surface area contributed by atoms with Crippen LogP contribution in [-0.2, 0) is 36.5 Å². The van der Waals surface area contributed by atoms with Gasteiger partial charge in [-0.2, -0.15) is 3.71 Å². The van der Waals surface area contributed by atoms with Gasteiger partial charge in [0.15, 0.2) is 0 Å². The van der Waals surface area contributed by atoms with E-state index >= 15 is 0 Å². The Kier molecular flexibility index (Phi) is 8.02. The summed E-state index contributed by atoms with van der Waals surface area (Å²) in [6.45, 7) is 0.205. The smallest absolute Gasteiger partial charge is 0.270 e. The van der Waals surface area contributed by atoms with Gasteiger partial charge in [-0.3, -0.25) is 4.31 Å². The second-order valence-electron chi connectivity index (χ2n) is 10.7. The molecule has 0 saturated heterocycles. The molecule has 5 aromatic carbocycles. The van der Waals surface area contributed by atoms with Crippen LogP contribution in [0, 0.1) is 0 Å². The molecule has 0 atom stereocenters. The highest BCUT2D eigenvalue weighted by molar-refractivity contribution is 8.10. The highest BCUT2D eigenvalue weighted by Gasteiger charge is 2.38. The van der Waals surface area contributed by atoms with Crippen LogP contribution in [0.1, 0.15) is 12.0 Å². The number of benzene rings is 5.